The number of nitrogens with zero attached hydrogens (tertiary/aromatic N) is 1. The average Bonchev–Trinajstić information content (AvgIpc) is 2.37. The highest BCUT2D eigenvalue weighted by Gasteiger charge is 2.31. The molecule has 0 radical (unpaired) electrons. The molecule has 2 fully saturated rings. The molecule has 128 valence electrons. The van der Waals surface area contributed by atoms with Crippen LogP contribution in [0.5, 0.6) is 0 Å². The Bertz CT molecular complexity index is 476. The van der Waals surface area contributed by atoms with Crippen LogP contribution in [0.1, 0.15) is 46.5 Å². The third-order valence-electron chi connectivity index (χ3n) is 4.31. The minimum Gasteiger partial charge on any atom is -0.444 e. The second-order valence-electron chi connectivity index (χ2n) is 7.34. The summed E-state index contributed by atoms with van der Waals surface area (Å²) in [5.41, 5.74) is -0.472. The molecule has 2 aliphatic rings. The van der Waals surface area contributed by atoms with Crippen molar-refractivity contribution < 1.29 is 17.9 Å². The summed E-state index contributed by atoms with van der Waals surface area (Å²) in [7, 11) is -2.81. The van der Waals surface area contributed by atoms with Gasteiger partial charge in [0.2, 0.25) is 0 Å². The first-order chi connectivity index (χ1) is 10.1. The van der Waals surface area contributed by atoms with E-state index in [-0.39, 0.29) is 23.6 Å². The molecule has 22 heavy (non-hydrogen) atoms. The maximum Gasteiger partial charge on any atom is 0.407 e. The Labute approximate surface area is 133 Å². The average molecular weight is 332 g/mol. The lowest BCUT2D eigenvalue weighted by molar-refractivity contribution is 0.0477. The van der Waals surface area contributed by atoms with Crippen LogP contribution in [0.15, 0.2) is 0 Å². The summed E-state index contributed by atoms with van der Waals surface area (Å²) >= 11 is 0. The summed E-state index contributed by atoms with van der Waals surface area (Å²) < 4.78 is 28.2. The van der Waals surface area contributed by atoms with Gasteiger partial charge in [-0.25, -0.2) is 13.2 Å². The minimum absolute atomic E-state index is 0.166. The zero-order valence-corrected chi connectivity index (χ0v) is 14.6. The van der Waals surface area contributed by atoms with Gasteiger partial charge in [0.15, 0.2) is 9.84 Å². The van der Waals surface area contributed by atoms with Crippen LogP contribution in [0.3, 0.4) is 0 Å². The number of ether oxygens (including phenoxy) is 1. The van der Waals surface area contributed by atoms with Gasteiger partial charge in [-0.05, 0) is 46.5 Å². The molecule has 1 heterocycles. The zero-order valence-electron chi connectivity index (χ0n) is 13.8. The van der Waals surface area contributed by atoms with Crippen LogP contribution < -0.4 is 5.32 Å². The van der Waals surface area contributed by atoms with Gasteiger partial charge in [0.1, 0.15) is 5.60 Å². The molecule has 2 rings (SSSR count). The van der Waals surface area contributed by atoms with Crippen molar-refractivity contribution in [3.63, 3.8) is 0 Å². The molecular formula is C15H28N2O4S. The predicted octanol–water partition coefficient (Wildman–Crippen LogP) is 1.55. The summed E-state index contributed by atoms with van der Waals surface area (Å²) in [5, 5.41) is 2.94. The summed E-state index contributed by atoms with van der Waals surface area (Å²) in [4.78, 5) is 14.1. The summed E-state index contributed by atoms with van der Waals surface area (Å²) in [5.74, 6) is 0.562. The third kappa shape index (κ3) is 5.43. The lowest BCUT2D eigenvalue weighted by Gasteiger charge is -2.38. The van der Waals surface area contributed by atoms with Crippen LogP contribution in [0.4, 0.5) is 4.79 Å². The maximum absolute atomic E-state index is 11.8. The van der Waals surface area contributed by atoms with Gasteiger partial charge in [0.05, 0.1) is 11.5 Å². The number of alkyl carbamates (subject to hydrolysis) is 1. The molecule has 0 unspecified atom stereocenters. The van der Waals surface area contributed by atoms with Crippen molar-refractivity contribution in [1.29, 1.82) is 0 Å². The zero-order chi connectivity index (χ0) is 16.4. The lowest BCUT2D eigenvalue weighted by atomic mass is 9.90. The standard InChI is InChI=1S/C15H28N2O4S/c1-15(2,3)21-14(18)16-12-4-6-13(7-5-12)17-8-10-22(19,20)11-9-17/h12-13H,4-11H2,1-3H3,(H,16,18). The molecule has 0 aromatic rings. The molecule has 0 bridgehead atoms. The molecule has 1 saturated carbocycles. The second-order valence-corrected chi connectivity index (χ2v) is 9.64. The maximum atomic E-state index is 11.8. The molecule has 1 amide bonds. The number of sulfone groups is 1. The van der Waals surface area contributed by atoms with Crippen molar-refractivity contribution in [1.82, 2.24) is 10.2 Å². The van der Waals surface area contributed by atoms with Gasteiger partial charge in [-0.15, -0.1) is 0 Å². The van der Waals surface area contributed by atoms with Gasteiger partial charge in [0, 0.05) is 25.2 Å². The van der Waals surface area contributed by atoms with Gasteiger partial charge < -0.3 is 10.1 Å². The molecule has 7 heteroatoms. The van der Waals surface area contributed by atoms with Gasteiger partial charge in [0.25, 0.3) is 0 Å². The van der Waals surface area contributed by atoms with Crippen LogP contribution >= 0.6 is 0 Å². The molecule has 6 nitrogen and oxygen atoms in total. The van der Waals surface area contributed by atoms with E-state index in [0.717, 1.165) is 25.7 Å². The van der Waals surface area contributed by atoms with Crippen molar-refractivity contribution in [3.8, 4) is 0 Å². The summed E-state index contributed by atoms with van der Waals surface area (Å²) in [6.07, 6.45) is 3.50. The first-order valence-electron chi connectivity index (χ1n) is 8.09. The Morgan fingerprint density at radius 1 is 1.09 bits per heavy atom. The van der Waals surface area contributed by atoms with Crippen LogP contribution in [0.2, 0.25) is 0 Å². The van der Waals surface area contributed by atoms with E-state index in [2.05, 4.69) is 10.2 Å². The fourth-order valence-electron chi connectivity index (χ4n) is 3.15. The Morgan fingerprint density at radius 2 is 1.64 bits per heavy atom. The molecule has 1 N–H and O–H groups in total. The van der Waals surface area contributed by atoms with Gasteiger partial charge in [-0.1, -0.05) is 0 Å². The van der Waals surface area contributed by atoms with Crippen molar-refractivity contribution in [3.05, 3.63) is 0 Å². The third-order valence-corrected chi connectivity index (χ3v) is 5.92. The number of hydrogen-bond acceptors (Lipinski definition) is 5. The first-order valence-corrected chi connectivity index (χ1v) is 9.91. The fraction of sp³-hybridized carbons (Fsp3) is 0.933. The highest BCUT2D eigenvalue weighted by molar-refractivity contribution is 7.91. The van der Waals surface area contributed by atoms with E-state index in [1.54, 1.807) is 0 Å². The number of carbonyl (C=O) groups excluding carboxylic acids is 1. The molecule has 0 atom stereocenters. The molecule has 1 aliphatic carbocycles. The first kappa shape index (κ1) is 17.5. The Hall–Kier alpha value is -0.820. The molecule has 1 saturated heterocycles. The van der Waals surface area contributed by atoms with Gasteiger partial charge in [-0.3, -0.25) is 4.90 Å². The predicted molar refractivity (Wildman–Crippen MR) is 85.6 cm³/mol. The highest BCUT2D eigenvalue weighted by atomic mass is 32.2. The van der Waals surface area contributed by atoms with Crippen LogP contribution in [0.25, 0.3) is 0 Å². The SMILES string of the molecule is CC(C)(C)OC(=O)NC1CCC(N2CCS(=O)(=O)CC2)CC1. The smallest absolute Gasteiger partial charge is 0.407 e. The lowest BCUT2D eigenvalue weighted by Crippen LogP contribution is -2.49. The largest absolute Gasteiger partial charge is 0.444 e. The number of amides is 1. The van der Waals surface area contributed by atoms with E-state index in [9.17, 15) is 13.2 Å². The van der Waals surface area contributed by atoms with E-state index >= 15 is 0 Å². The van der Waals surface area contributed by atoms with Crippen molar-refractivity contribution in [2.24, 2.45) is 0 Å². The molecule has 0 spiro atoms. The van der Waals surface area contributed by atoms with E-state index in [0.29, 0.717) is 19.1 Å². The van der Waals surface area contributed by atoms with Crippen LogP contribution in [-0.2, 0) is 14.6 Å². The van der Waals surface area contributed by atoms with Crippen molar-refractivity contribution in [2.45, 2.75) is 64.1 Å². The van der Waals surface area contributed by atoms with Crippen molar-refractivity contribution in [2.75, 3.05) is 24.6 Å². The monoisotopic (exact) mass is 332 g/mol. The molecule has 1 aliphatic heterocycles. The normalized spacial score (nSPS) is 29.8. The fourth-order valence-corrected chi connectivity index (χ4v) is 4.38. The van der Waals surface area contributed by atoms with Crippen LogP contribution in [0, 0.1) is 0 Å². The molecule has 0 aromatic carbocycles. The second kappa shape index (κ2) is 6.74. The Kier molecular flexibility index (Phi) is 5.37. The van der Waals surface area contributed by atoms with E-state index in [4.69, 9.17) is 4.74 Å². The van der Waals surface area contributed by atoms with E-state index < -0.39 is 15.4 Å². The summed E-state index contributed by atoms with van der Waals surface area (Å²) in [6, 6.07) is 0.617. The Morgan fingerprint density at radius 3 is 2.14 bits per heavy atom. The molecule has 0 aromatic heterocycles. The quantitative estimate of drug-likeness (QED) is 0.830. The van der Waals surface area contributed by atoms with Gasteiger partial charge >= 0.3 is 6.09 Å². The number of nitrogens with one attached hydrogen (secondary N) is 1. The van der Waals surface area contributed by atoms with E-state index in [1.807, 2.05) is 20.8 Å². The number of rotatable bonds is 2. The van der Waals surface area contributed by atoms with Crippen molar-refractivity contribution >= 4 is 15.9 Å². The van der Waals surface area contributed by atoms with Gasteiger partial charge in [-0.2, -0.15) is 0 Å². The number of hydrogen-bond donors (Lipinski definition) is 1. The molecular weight excluding hydrogens is 304 g/mol. The topological polar surface area (TPSA) is 75.7 Å². The Balaban J connectivity index is 1.73. The highest BCUT2D eigenvalue weighted by Crippen LogP contribution is 2.24. The summed E-state index contributed by atoms with van der Waals surface area (Å²) in [6.45, 7) is 6.87. The minimum atomic E-state index is -2.81. The number of carbonyl (C=O) groups is 1. The van der Waals surface area contributed by atoms with Crippen LogP contribution in [-0.4, -0.2) is 61.7 Å². The van der Waals surface area contributed by atoms with E-state index in [1.165, 1.54) is 0 Å².